The highest BCUT2D eigenvalue weighted by Gasteiger charge is 2.22. The summed E-state index contributed by atoms with van der Waals surface area (Å²) in [6.07, 6.45) is 0.929. The molecule has 0 aliphatic carbocycles. The highest BCUT2D eigenvalue weighted by Crippen LogP contribution is 2.19. The molecule has 5 nitrogen and oxygen atoms in total. The van der Waals surface area contributed by atoms with Crippen LogP contribution in [0.25, 0.3) is 0 Å². The van der Waals surface area contributed by atoms with E-state index < -0.39 is 0 Å². The van der Waals surface area contributed by atoms with Crippen LogP contribution in [0.2, 0.25) is 0 Å². The lowest BCUT2D eigenvalue weighted by molar-refractivity contribution is 0.0546. The first-order valence-electron chi connectivity index (χ1n) is 8.35. The fourth-order valence-electron chi connectivity index (χ4n) is 2.89. The van der Waals surface area contributed by atoms with Gasteiger partial charge in [-0.3, -0.25) is 4.79 Å². The Balaban J connectivity index is 1.67. The van der Waals surface area contributed by atoms with Crippen LogP contribution in [0, 0.1) is 11.3 Å². The molecule has 1 fully saturated rings. The van der Waals surface area contributed by atoms with Crippen molar-refractivity contribution in [1.82, 2.24) is 4.90 Å². The smallest absolute Gasteiger partial charge is 0.253 e. The predicted octanol–water partition coefficient (Wildman–Crippen LogP) is 2.73. The SMILES string of the molecule is N#Cc1ccccc1COc1cccc(C(=O)N2CCC(O)CC2)c1. The molecule has 0 bridgehead atoms. The summed E-state index contributed by atoms with van der Waals surface area (Å²) in [5, 5.41) is 18.7. The third-order valence-corrected chi connectivity index (χ3v) is 4.36. The summed E-state index contributed by atoms with van der Waals surface area (Å²) in [6, 6.07) is 16.5. The van der Waals surface area contributed by atoms with E-state index in [9.17, 15) is 9.90 Å². The summed E-state index contributed by atoms with van der Waals surface area (Å²) in [6.45, 7) is 1.42. The van der Waals surface area contributed by atoms with Gasteiger partial charge in [-0.2, -0.15) is 5.26 Å². The van der Waals surface area contributed by atoms with Crippen LogP contribution >= 0.6 is 0 Å². The summed E-state index contributed by atoms with van der Waals surface area (Å²) in [7, 11) is 0. The van der Waals surface area contributed by atoms with Gasteiger partial charge in [-0.05, 0) is 37.1 Å². The molecule has 2 aromatic carbocycles. The minimum atomic E-state index is -0.307. The number of carbonyl (C=O) groups excluding carboxylic acids is 1. The van der Waals surface area contributed by atoms with Crippen molar-refractivity contribution in [1.29, 1.82) is 5.26 Å². The highest BCUT2D eigenvalue weighted by molar-refractivity contribution is 5.94. The number of nitrogens with zero attached hydrogens (tertiary/aromatic N) is 2. The zero-order chi connectivity index (χ0) is 17.6. The molecule has 0 spiro atoms. The molecular formula is C20H20N2O3. The number of amides is 1. The number of likely N-dealkylation sites (tertiary alicyclic amines) is 1. The van der Waals surface area contributed by atoms with Crippen LogP contribution in [0.1, 0.15) is 34.3 Å². The van der Waals surface area contributed by atoms with Gasteiger partial charge >= 0.3 is 0 Å². The molecule has 0 saturated carbocycles. The Morgan fingerprint density at radius 1 is 1.20 bits per heavy atom. The second kappa shape index (κ2) is 7.82. The van der Waals surface area contributed by atoms with E-state index in [0.717, 1.165) is 5.56 Å². The van der Waals surface area contributed by atoms with Crippen LogP contribution in [-0.4, -0.2) is 35.1 Å². The van der Waals surface area contributed by atoms with Crippen LogP contribution in [0.3, 0.4) is 0 Å². The van der Waals surface area contributed by atoms with Gasteiger partial charge in [-0.1, -0.05) is 24.3 Å². The normalized spacial score (nSPS) is 14.8. The third-order valence-electron chi connectivity index (χ3n) is 4.36. The molecule has 0 radical (unpaired) electrons. The number of nitriles is 1. The van der Waals surface area contributed by atoms with E-state index in [1.165, 1.54) is 0 Å². The maximum absolute atomic E-state index is 12.6. The van der Waals surface area contributed by atoms with E-state index in [1.54, 1.807) is 35.2 Å². The molecule has 25 heavy (non-hydrogen) atoms. The molecule has 0 aromatic heterocycles. The van der Waals surface area contributed by atoms with E-state index in [4.69, 9.17) is 10.00 Å². The molecule has 1 amide bonds. The summed E-state index contributed by atoms with van der Waals surface area (Å²) < 4.78 is 5.77. The monoisotopic (exact) mass is 336 g/mol. The Labute approximate surface area is 147 Å². The Morgan fingerprint density at radius 2 is 1.96 bits per heavy atom. The van der Waals surface area contributed by atoms with Crippen molar-refractivity contribution in [3.63, 3.8) is 0 Å². The van der Waals surface area contributed by atoms with E-state index in [2.05, 4.69) is 6.07 Å². The fraction of sp³-hybridized carbons (Fsp3) is 0.300. The first-order chi connectivity index (χ1) is 12.2. The topological polar surface area (TPSA) is 73.6 Å². The number of piperidine rings is 1. The Bertz CT molecular complexity index is 790. The molecule has 1 N–H and O–H groups in total. The summed E-state index contributed by atoms with van der Waals surface area (Å²) >= 11 is 0. The standard InChI is InChI=1S/C20H20N2O3/c21-13-16-4-1-2-5-17(16)14-25-19-7-3-6-15(12-19)20(24)22-10-8-18(23)9-11-22/h1-7,12,18,23H,8-11,14H2. The van der Waals surface area contributed by atoms with Crippen LogP contribution in [0.4, 0.5) is 0 Å². The second-order valence-electron chi connectivity index (χ2n) is 6.11. The van der Waals surface area contributed by atoms with Gasteiger partial charge < -0.3 is 14.7 Å². The fourth-order valence-corrected chi connectivity index (χ4v) is 2.89. The highest BCUT2D eigenvalue weighted by atomic mass is 16.5. The van der Waals surface area contributed by atoms with E-state index in [1.807, 2.05) is 18.2 Å². The van der Waals surface area contributed by atoms with Gasteiger partial charge in [0.05, 0.1) is 17.7 Å². The zero-order valence-corrected chi connectivity index (χ0v) is 13.9. The van der Waals surface area contributed by atoms with Crippen molar-refractivity contribution in [2.24, 2.45) is 0 Å². The van der Waals surface area contributed by atoms with E-state index >= 15 is 0 Å². The average molecular weight is 336 g/mol. The predicted molar refractivity (Wildman–Crippen MR) is 93.1 cm³/mol. The number of aliphatic hydroxyl groups excluding tert-OH is 1. The Morgan fingerprint density at radius 3 is 2.72 bits per heavy atom. The van der Waals surface area contributed by atoms with Crippen LogP contribution in [0.5, 0.6) is 5.75 Å². The van der Waals surface area contributed by atoms with Crippen LogP contribution in [0.15, 0.2) is 48.5 Å². The first-order valence-corrected chi connectivity index (χ1v) is 8.35. The van der Waals surface area contributed by atoms with Gasteiger partial charge in [0.2, 0.25) is 0 Å². The third kappa shape index (κ3) is 4.17. The molecular weight excluding hydrogens is 316 g/mol. The molecule has 1 aliphatic heterocycles. The summed E-state index contributed by atoms with van der Waals surface area (Å²) in [4.78, 5) is 14.3. The van der Waals surface area contributed by atoms with Crippen LogP contribution in [-0.2, 0) is 6.61 Å². The van der Waals surface area contributed by atoms with Gasteiger partial charge in [0.25, 0.3) is 5.91 Å². The molecule has 0 unspecified atom stereocenters. The van der Waals surface area contributed by atoms with Gasteiger partial charge in [0, 0.05) is 24.2 Å². The molecule has 1 aliphatic rings. The molecule has 128 valence electrons. The van der Waals surface area contributed by atoms with Gasteiger partial charge in [-0.25, -0.2) is 0 Å². The van der Waals surface area contributed by atoms with Crippen LogP contribution < -0.4 is 4.74 Å². The van der Waals surface area contributed by atoms with Gasteiger partial charge in [0.1, 0.15) is 12.4 Å². The van der Waals surface area contributed by atoms with Gasteiger partial charge in [0.15, 0.2) is 0 Å². The quantitative estimate of drug-likeness (QED) is 0.932. The minimum absolute atomic E-state index is 0.0465. The van der Waals surface area contributed by atoms with Crippen molar-refractivity contribution in [3.05, 3.63) is 65.2 Å². The molecule has 1 saturated heterocycles. The largest absolute Gasteiger partial charge is 0.489 e. The Hall–Kier alpha value is -2.84. The number of rotatable bonds is 4. The van der Waals surface area contributed by atoms with Crippen molar-refractivity contribution < 1.29 is 14.6 Å². The number of hydrogen-bond donors (Lipinski definition) is 1. The summed E-state index contributed by atoms with van der Waals surface area (Å²) in [5.41, 5.74) is 1.97. The molecule has 1 heterocycles. The summed E-state index contributed by atoms with van der Waals surface area (Å²) in [5.74, 6) is 0.547. The Kier molecular flexibility index (Phi) is 5.32. The lowest BCUT2D eigenvalue weighted by atomic mass is 10.1. The van der Waals surface area contributed by atoms with E-state index in [-0.39, 0.29) is 18.6 Å². The number of hydrogen-bond acceptors (Lipinski definition) is 4. The number of ether oxygens (including phenoxy) is 1. The first kappa shape index (κ1) is 17.0. The van der Waals surface area contributed by atoms with Crippen molar-refractivity contribution >= 4 is 5.91 Å². The molecule has 5 heteroatoms. The second-order valence-corrected chi connectivity index (χ2v) is 6.11. The maximum atomic E-state index is 12.6. The maximum Gasteiger partial charge on any atom is 0.253 e. The number of benzene rings is 2. The average Bonchev–Trinajstić information content (AvgIpc) is 2.67. The lowest BCUT2D eigenvalue weighted by Gasteiger charge is -2.29. The number of aliphatic hydroxyl groups is 1. The van der Waals surface area contributed by atoms with Crippen molar-refractivity contribution in [2.75, 3.05) is 13.1 Å². The molecule has 2 aromatic rings. The zero-order valence-electron chi connectivity index (χ0n) is 13.9. The molecule has 3 rings (SSSR count). The molecule has 0 atom stereocenters. The van der Waals surface area contributed by atoms with Crippen molar-refractivity contribution in [3.8, 4) is 11.8 Å². The van der Waals surface area contributed by atoms with Crippen molar-refractivity contribution in [2.45, 2.75) is 25.6 Å². The minimum Gasteiger partial charge on any atom is -0.489 e. The van der Waals surface area contributed by atoms with E-state index in [0.29, 0.717) is 42.8 Å². The lowest BCUT2D eigenvalue weighted by Crippen LogP contribution is -2.40. The number of carbonyl (C=O) groups is 1. The van der Waals surface area contributed by atoms with Gasteiger partial charge in [-0.15, -0.1) is 0 Å².